The Labute approximate surface area is 150 Å². The SMILES string of the molecule is Cc1cccc(NC(=S)N[C@H]2CC[NH+](Cc3ccccc3)C2)c1C. The molecule has 0 spiro atoms. The van der Waals surface area contributed by atoms with E-state index in [9.17, 15) is 0 Å². The molecular formula is C20H26N3S+. The molecule has 0 amide bonds. The maximum absolute atomic E-state index is 5.51. The third kappa shape index (κ3) is 4.34. The second-order valence-electron chi connectivity index (χ2n) is 6.70. The van der Waals surface area contributed by atoms with Gasteiger partial charge in [0.1, 0.15) is 6.54 Å². The molecule has 4 heteroatoms. The summed E-state index contributed by atoms with van der Waals surface area (Å²) in [5.74, 6) is 0. The predicted octanol–water partition coefficient (Wildman–Crippen LogP) is 2.45. The van der Waals surface area contributed by atoms with Gasteiger partial charge in [-0.25, -0.2) is 0 Å². The Hall–Kier alpha value is -1.91. The van der Waals surface area contributed by atoms with Gasteiger partial charge in [0.05, 0.1) is 19.1 Å². The Kier molecular flexibility index (Phi) is 5.48. The van der Waals surface area contributed by atoms with Gasteiger partial charge in [-0.1, -0.05) is 42.5 Å². The van der Waals surface area contributed by atoms with Crippen LogP contribution >= 0.6 is 12.2 Å². The summed E-state index contributed by atoms with van der Waals surface area (Å²) in [7, 11) is 0. The van der Waals surface area contributed by atoms with Gasteiger partial charge < -0.3 is 15.5 Å². The fraction of sp³-hybridized carbons (Fsp3) is 0.350. The van der Waals surface area contributed by atoms with Crippen molar-refractivity contribution in [3.8, 4) is 0 Å². The molecular weight excluding hydrogens is 314 g/mol. The lowest BCUT2D eigenvalue weighted by Crippen LogP contribution is -3.09. The number of aryl methyl sites for hydroxylation is 1. The highest BCUT2D eigenvalue weighted by atomic mass is 32.1. The van der Waals surface area contributed by atoms with Crippen LogP contribution in [0.3, 0.4) is 0 Å². The zero-order valence-corrected chi connectivity index (χ0v) is 15.2. The summed E-state index contributed by atoms with van der Waals surface area (Å²) in [6, 6.07) is 17.4. The van der Waals surface area contributed by atoms with Crippen LogP contribution in [-0.4, -0.2) is 24.2 Å². The number of thiocarbonyl (C=S) groups is 1. The lowest BCUT2D eigenvalue weighted by Gasteiger charge is -2.17. The van der Waals surface area contributed by atoms with Crippen molar-refractivity contribution in [1.29, 1.82) is 0 Å². The minimum absolute atomic E-state index is 0.453. The Morgan fingerprint density at radius 1 is 1.12 bits per heavy atom. The average molecular weight is 341 g/mol. The molecule has 0 saturated carbocycles. The van der Waals surface area contributed by atoms with E-state index in [2.05, 4.69) is 73.0 Å². The van der Waals surface area contributed by atoms with E-state index in [-0.39, 0.29) is 0 Å². The van der Waals surface area contributed by atoms with Gasteiger partial charge in [-0.05, 0) is 43.3 Å². The lowest BCUT2D eigenvalue weighted by atomic mass is 10.1. The standard InChI is InChI=1S/C20H25N3S/c1-15-7-6-10-19(16(15)2)22-20(24)21-18-11-12-23(14-18)13-17-8-4-3-5-9-17/h3-10,18H,11-14H2,1-2H3,(H2,21,22,24)/p+1/t18-/m0/s1. The van der Waals surface area contributed by atoms with Crippen LogP contribution in [0.5, 0.6) is 0 Å². The van der Waals surface area contributed by atoms with E-state index in [1.807, 2.05) is 0 Å². The van der Waals surface area contributed by atoms with Gasteiger partial charge in [-0.15, -0.1) is 0 Å². The molecule has 1 aliphatic heterocycles. The number of anilines is 1. The predicted molar refractivity (Wildman–Crippen MR) is 105 cm³/mol. The van der Waals surface area contributed by atoms with Crippen molar-refractivity contribution in [2.45, 2.75) is 32.9 Å². The zero-order chi connectivity index (χ0) is 16.9. The van der Waals surface area contributed by atoms with Crippen molar-refractivity contribution >= 4 is 23.0 Å². The number of hydrogen-bond donors (Lipinski definition) is 3. The zero-order valence-electron chi connectivity index (χ0n) is 14.4. The second-order valence-corrected chi connectivity index (χ2v) is 7.11. The second kappa shape index (κ2) is 7.77. The first-order chi connectivity index (χ1) is 11.6. The van der Waals surface area contributed by atoms with Crippen LogP contribution in [0.2, 0.25) is 0 Å². The number of benzene rings is 2. The molecule has 1 heterocycles. The molecule has 1 aliphatic rings. The first kappa shape index (κ1) is 16.9. The maximum atomic E-state index is 5.51. The highest BCUT2D eigenvalue weighted by Gasteiger charge is 2.26. The number of hydrogen-bond acceptors (Lipinski definition) is 1. The van der Waals surface area contributed by atoms with E-state index in [1.165, 1.54) is 23.2 Å². The Morgan fingerprint density at radius 2 is 1.92 bits per heavy atom. The van der Waals surface area contributed by atoms with Gasteiger partial charge in [-0.2, -0.15) is 0 Å². The minimum Gasteiger partial charge on any atom is -0.354 e. The first-order valence-corrected chi connectivity index (χ1v) is 9.04. The maximum Gasteiger partial charge on any atom is 0.171 e. The monoisotopic (exact) mass is 340 g/mol. The molecule has 1 fully saturated rings. The first-order valence-electron chi connectivity index (χ1n) is 8.63. The summed E-state index contributed by atoms with van der Waals surface area (Å²) in [5, 5.41) is 7.57. The van der Waals surface area contributed by atoms with Crippen LogP contribution in [0.15, 0.2) is 48.5 Å². The number of rotatable bonds is 4. The highest BCUT2D eigenvalue weighted by Crippen LogP contribution is 2.17. The van der Waals surface area contributed by atoms with Gasteiger partial charge in [-0.3, -0.25) is 0 Å². The fourth-order valence-corrected chi connectivity index (χ4v) is 3.61. The number of likely N-dealkylation sites (tertiary alicyclic amines) is 1. The molecule has 0 radical (unpaired) electrons. The number of quaternary nitrogens is 1. The molecule has 1 unspecified atom stereocenters. The summed E-state index contributed by atoms with van der Waals surface area (Å²) in [6.45, 7) is 7.65. The lowest BCUT2D eigenvalue weighted by molar-refractivity contribution is -0.901. The molecule has 2 atom stereocenters. The van der Waals surface area contributed by atoms with Crippen LogP contribution in [0.4, 0.5) is 5.69 Å². The van der Waals surface area contributed by atoms with E-state index < -0.39 is 0 Å². The van der Waals surface area contributed by atoms with Crippen molar-refractivity contribution in [3.05, 3.63) is 65.2 Å². The van der Waals surface area contributed by atoms with E-state index in [0.29, 0.717) is 6.04 Å². The number of nitrogens with one attached hydrogen (secondary N) is 3. The molecule has 0 bridgehead atoms. The average Bonchev–Trinajstić information content (AvgIpc) is 2.99. The molecule has 126 valence electrons. The molecule has 0 aliphatic carbocycles. The van der Waals surface area contributed by atoms with Gasteiger partial charge in [0.2, 0.25) is 0 Å². The normalized spacial score (nSPS) is 19.9. The van der Waals surface area contributed by atoms with Crippen molar-refractivity contribution in [2.75, 3.05) is 18.4 Å². The molecule has 3 nitrogen and oxygen atoms in total. The van der Waals surface area contributed by atoms with Crippen molar-refractivity contribution in [3.63, 3.8) is 0 Å². The van der Waals surface area contributed by atoms with Crippen molar-refractivity contribution in [2.24, 2.45) is 0 Å². The van der Waals surface area contributed by atoms with Gasteiger partial charge in [0.25, 0.3) is 0 Å². The summed E-state index contributed by atoms with van der Waals surface area (Å²) < 4.78 is 0. The quantitative estimate of drug-likeness (QED) is 0.747. The summed E-state index contributed by atoms with van der Waals surface area (Å²) in [6.07, 6.45) is 1.16. The molecule has 3 rings (SSSR count). The topological polar surface area (TPSA) is 28.5 Å². The van der Waals surface area contributed by atoms with Crippen LogP contribution in [0.1, 0.15) is 23.1 Å². The molecule has 0 aromatic heterocycles. The third-order valence-electron chi connectivity index (χ3n) is 4.87. The third-order valence-corrected chi connectivity index (χ3v) is 5.09. The van der Waals surface area contributed by atoms with Crippen molar-refractivity contribution < 1.29 is 4.90 Å². The highest BCUT2D eigenvalue weighted by molar-refractivity contribution is 7.80. The summed E-state index contributed by atoms with van der Waals surface area (Å²) in [5.41, 5.74) is 5.04. The molecule has 2 aromatic carbocycles. The summed E-state index contributed by atoms with van der Waals surface area (Å²) in [4.78, 5) is 1.62. The van der Waals surface area contributed by atoms with Crippen LogP contribution in [0.25, 0.3) is 0 Å². The molecule has 2 aromatic rings. The smallest absolute Gasteiger partial charge is 0.171 e. The van der Waals surface area contributed by atoms with E-state index >= 15 is 0 Å². The van der Waals surface area contributed by atoms with Gasteiger partial charge >= 0.3 is 0 Å². The molecule has 1 saturated heterocycles. The Morgan fingerprint density at radius 3 is 2.71 bits per heavy atom. The van der Waals surface area contributed by atoms with E-state index in [0.717, 1.165) is 30.3 Å². The van der Waals surface area contributed by atoms with Crippen LogP contribution in [0, 0.1) is 13.8 Å². The van der Waals surface area contributed by atoms with E-state index in [4.69, 9.17) is 12.2 Å². The fourth-order valence-electron chi connectivity index (χ4n) is 3.33. The summed E-state index contributed by atoms with van der Waals surface area (Å²) >= 11 is 5.51. The van der Waals surface area contributed by atoms with Gasteiger partial charge in [0, 0.05) is 17.7 Å². The molecule has 24 heavy (non-hydrogen) atoms. The Bertz CT molecular complexity index is 699. The van der Waals surface area contributed by atoms with Gasteiger partial charge in [0.15, 0.2) is 5.11 Å². The van der Waals surface area contributed by atoms with Crippen LogP contribution < -0.4 is 15.5 Å². The van der Waals surface area contributed by atoms with Crippen LogP contribution in [-0.2, 0) is 6.54 Å². The van der Waals surface area contributed by atoms with E-state index in [1.54, 1.807) is 4.90 Å². The molecule has 3 N–H and O–H groups in total. The largest absolute Gasteiger partial charge is 0.354 e. The minimum atomic E-state index is 0.453. The van der Waals surface area contributed by atoms with Crippen molar-refractivity contribution in [1.82, 2.24) is 5.32 Å². The Balaban J connectivity index is 1.50.